The van der Waals surface area contributed by atoms with Crippen LogP contribution < -0.4 is 10.6 Å². The van der Waals surface area contributed by atoms with Crippen molar-refractivity contribution in [3.05, 3.63) is 81.9 Å². The van der Waals surface area contributed by atoms with Crippen LogP contribution in [0.3, 0.4) is 0 Å². The quantitative estimate of drug-likeness (QED) is 0.357. The highest BCUT2D eigenvalue weighted by atomic mass is 19.1. The predicted octanol–water partition coefficient (Wildman–Crippen LogP) is 5.53. The van der Waals surface area contributed by atoms with Gasteiger partial charge in [-0.25, -0.2) is 4.39 Å². The molecule has 6 nitrogen and oxygen atoms in total. The van der Waals surface area contributed by atoms with E-state index in [0.29, 0.717) is 30.4 Å². The highest BCUT2D eigenvalue weighted by Crippen LogP contribution is 2.18. The molecule has 180 valence electrons. The lowest BCUT2D eigenvalue weighted by Gasteiger charge is -2.13. The van der Waals surface area contributed by atoms with E-state index in [1.807, 2.05) is 35.9 Å². The van der Waals surface area contributed by atoms with Crippen LogP contribution in [0.5, 0.6) is 0 Å². The van der Waals surface area contributed by atoms with Gasteiger partial charge in [-0.05, 0) is 81.0 Å². The standard InChI is InChI=1S/C27H34FN5O/c1-7-33-20(6)24(19(5)32-33)14-15-29-27(30-23-12-10-21(11-13-23)17(2)3)31-26(34)22-9-8-18(4)25(28)16-22/h8-13,16-17H,7,14-15H2,1-6H3,(H2,29,30,31,34). The lowest BCUT2D eigenvalue weighted by molar-refractivity contribution is 0.0976. The van der Waals surface area contributed by atoms with E-state index in [2.05, 4.69) is 48.4 Å². The van der Waals surface area contributed by atoms with E-state index in [1.54, 1.807) is 19.1 Å². The van der Waals surface area contributed by atoms with Crippen molar-refractivity contribution in [2.45, 2.75) is 60.4 Å². The molecule has 0 saturated heterocycles. The highest BCUT2D eigenvalue weighted by molar-refractivity contribution is 6.10. The van der Waals surface area contributed by atoms with E-state index in [0.717, 1.165) is 29.2 Å². The first-order valence-electron chi connectivity index (χ1n) is 11.7. The monoisotopic (exact) mass is 463 g/mol. The molecule has 0 fully saturated rings. The number of anilines is 1. The minimum Gasteiger partial charge on any atom is -0.326 e. The maximum atomic E-state index is 14.0. The number of nitrogens with one attached hydrogen (secondary N) is 2. The SMILES string of the molecule is CCn1nc(C)c(CCN=C(NC(=O)c2ccc(C)c(F)c2)Nc2ccc(C(C)C)cc2)c1C. The fraction of sp³-hybridized carbons (Fsp3) is 0.370. The number of rotatable bonds is 7. The number of hydrogen-bond donors (Lipinski definition) is 2. The molecular formula is C27H34FN5O. The maximum absolute atomic E-state index is 14.0. The number of amides is 1. The minimum absolute atomic E-state index is 0.240. The molecule has 0 aliphatic carbocycles. The first kappa shape index (κ1) is 25.1. The normalized spacial score (nSPS) is 11.7. The Morgan fingerprint density at radius 3 is 2.41 bits per heavy atom. The van der Waals surface area contributed by atoms with Gasteiger partial charge in [0.25, 0.3) is 5.91 Å². The van der Waals surface area contributed by atoms with E-state index in [-0.39, 0.29) is 5.56 Å². The third-order valence-corrected chi connectivity index (χ3v) is 5.97. The molecule has 1 amide bonds. The number of nitrogens with zero attached hydrogens (tertiary/aromatic N) is 3. The number of carbonyl (C=O) groups is 1. The molecule has 0 saturated carbocycles. The lowest BCUT2D eigenvalue weighted by Crippen LogP contribution is -2.36. The average Bonchev–Trinajstić information content (AvgIpc) is 3.08. The molecule has 0 unspecified atom stereocenters. The van der Waals surface area contributed by atoms with Crippen LogP contribution in [0.2, 0.25) is 0 Å². The number of guanidine groups is 1. The summed E-state index contributed by atoms with van der Waals surface area (Å²) in [7, 11) is 0. The smallest absolute Gasteiger partial charge is 0.258 e. The zero-order chi connectivity index (χ0) is 24.8. The molecule has 34 heavy (non-hydrogen) atoms. The van der Waals surface area contributed by atoms with Gasteiger partial charge >= 0.3 is 0 Å². The van der Waals surface area contributed by atoms with Crippen LogP contribution in [0.1, 0.15) is 65.1 Å². The van der Waals surface area contributed by atoms with Crippen molar-refractivity contribution in [1.29, 1.82) is 0 Å². The second-order valence-corrected chi connectivity index (χ2v) is 8.77. The fourth-order valence-electron chi connectivity index (χ4n) is 3.80. The van der Waals surface area contributed by atoms with Crippen molar-refractivity contribution in [1.82, 2.24) is 15.1 Å². The summed E-state index contributed by atoms with van der Waals surface area (Å²) in [6.07, 6.45) is 0.699. The second kappa shape index (κ2) is 11.1. The Balaban J connectivity index is 1.80. The van der Waals surface area contributed by atoms with E-state index in [9.17, 15) is 9.18 Å². The van der Waals surface area contributed by atoms with Gasteiger partial charge in [0.2, 0.25) is 5.96 Å². The molecule has 0 bridgehead atoms. The summed E-state index contributed by atoms with van der Waals surface area (Å²) < 4.78 is 16.0. The van der Waals surface area contributed by atoms with Crippen LogP contribution in [0, 0.1) is 26.6 Å². The van der Waals surface area contributed by atoms with Crippen LogP contribution in [-0.4, -0.2) is 28.2 Å². The first-order chi connectivity index (χ1) is 16.2. The summed E-state index contributed by atoms with van der Waals surface area (Å²) >= 11 is 0. The Hall–Kier alpha value is -3.48. The van der Waals surface area contributed by atoms with E-state index < -0.39 is 11.7 Å². The van der Waals surface area contributed by atoms with Gasteiger partial charge in [-0.3, -0.25) is 19.8 Å². The number of aryl methyl sites for hydroxylation is 3. The molecule has 0 aliphatic rings. The van der Waals surface area contributed by atoms with E-state index in [4.69, 9.17) is 0 Å². The van der Waals surface area contributed by atoms with Crippen LogP contribution in [0.15, 0.2) is 47.5 Å². The molecule has 3 rings (SSSR count). The molecule has 3 aromatic rings. The summed E-state index contributed by atoms with van der Waals surface area (Å²) in [5, 5.41) is 10.6. The van der Waals surface area contributed by atoms with Crippen LogP contribution in [0.25, 0.3) is 0 Å². The Kier molecular flexibility index (Phi) is 8.21. The van der Waals surface area contributed by atoms with Crippen molar-refractivity contribution in [3.63, 3.8) is 0 Å². The summed E-state index contributed by atoms with van der Waals surface area (Å²) in [5.41, 5.74) is 6.06. The van der Waals surface area contributed by atoms with Crippen LogP contribution >= 0.6 is 0 Å². The van der Waals surface area contributed by atoms with Gasteiger partial charge in [0.05, 0.1) is 5.69 Å². The van der Waals surface area contributed by atoms with Crippen molar-refractivity contribution in [3.8, 4) is 0 Å². The highest BCUT2D eigenvalue weighted by Gasteiger charge is 2.13. The second-order valence-electron chi connectivity index (χ2n) is 8.77. The van der Waals surface area contributed by atoms with Gasteiger partial charge in [-0.1, -0.05) is 32.0 Å². The number of aliphatic imine (C=N–C) groups is 1. The Morgan fingerprint density at radius 1 is 1.12 bits per heavy atom. The van der Waals surface area contributed by atoms with Crippen LogP contribution in [0.4, 0.5) is 10.1 Å². The fourth-order valence-corrected chi connectivity index (χ4v) is 3.80. The molecule has 7 heteroatoms. The maximum Gasteiger partial charge on any atom is 0.258 e. The topological polar surface area (TPSA) is 71.3 Å². The zero-order valence-electron chi connectivity index (χ0n) is 20.9. The van der Waals surface area contributed by atoms with Crippen molar-refractivity contribution < 1.29 is 9.18 Å². The lowest BCUT2D eigenvalue weighted by atomic mass is 10.0. The van der Waals surface area contributed by atoms with Gasteiger partial charge in [0, 0.05) is 30.0 Å². The van der Waals surface area contributed by atoms with E-state index in [1.165, 1.54) is 11.6 Å². The Bertz CT molecular complexity index is 1180. The summed E-state index contributed by atoms with van der Waals surface area (Å²) in [6, 6.07) is 12.5. The molecular weight excluding hydrogens is 429 g/mol. The number of benzene rings is 2. The van der Waals surface area contributed by atoms with Gasteiger partial charge in [-0.2, -0.15) is 5.10 Å². The first-order valence-corrected chi connectivity index (χ1v) is 11.7. The summed E-state index contributed by atoms with van der Waals surface area (Å²) in [5.74, 6) is -0.0901. The summed E-state index contributed by atoms with van der Waals surface area (Å²) in [6.45, 7) is 13.4. The third-order valence-electron chi connectivity index (χ3n) is 5.97. The Labute approximate surface area is 201 Å². The van der Waals surface area contributed by atoms with E-state index >= 15 is 0 Å². The van der Waals surface area contributed by atoms with Gasteiger partial charge in [0.1, 0.15) is 5.82 Å². The molecule has 0 atom stereocenters. The van der Waals surface area contributed by atoms with Gasteiger partial charge in [0.15, 0.2) is 0 Å². The summed E-state index contributed by atoms with van der Waals surface area (Å²) in [4.78, 5) is 17.5. The van der Waals surface area contributed by atoms with Gasteiger partial charge in [-0.15, -0.1) is 0 Å². The Morgan fingerprint density at radius 2 is 1.82 bits per heavy atom. The molecule has 0 aliphatic heterocycles. The van der Waals surface area contributed by atoms with Gasteiger partial charge < -0.3 is 5.32 Å². The predicted molar refractivity (Wildman–Crippen MR) is 136 cm³/mol. The zero-order valence-corrected chi connectivity index (χ0v) is 20.9. The van der Waals surface area contributed by atoms with Crippen molar-refractivity contribution in [2.75, 3.05) is 11.9 Å². The number of hydrogen-bond acceptors (Lipinski definition) is 3. The molecule has 2 N–H and O–H groups in total. The largest absolute Gasteiger partial charge is 0.326 e. The molecule has 1 heterocycles. The minimum atomic E-state index is -0.421. The van der Waals surface area contributed by atoms with Crippen LogP contribution in [-0.2, 0) is 13.0 Å². The molecule has 2 aromatic carbocycles. The number of carbonyl (C=O) groups excluding carboxylic acids is 1. The molecule has 0 spiro atoms. The number of aromatic nitrogens is 2. The van der Waals surface area contributed by atoms with Crippen molar-refractivity contribution in [2.24, 2.45) is 4.99 Å². The number of halogens is 1. The molecule has 0 radical (unpaired) electrons. The average molecular weight is 464 g/mol. The third kappa shape index (κ3) is 6.10. The molecule has 1 aromatic heterocycles. The van der Waals surface area contributed by atoms with Crippen molar-refractivity contribution >= 4 is 17.6 Å².